The number of carbonyl (C=O) groups excluding carboxylic acids is 7. The highest BCUT2D eigenvalue weighted by Crippen LogP contribution is 2.31. The first kappa shape index (κ1) is 82.4. The fourth-order valence-electron chi connectivity index (χ4n) is 10.5. The van der Waals surface area contributed by atoms with Crippen molar-refractivity contribution in [2.75, 3.05) is 71.7 Å². The molecule has 24 heteroatoms. The summed E-state index contributed by atoms with van der Waals surface area (Å²) in [5, 5.41) is 35.5. The van der Waals surface area contributed by atoms with Gasteiger partial charge in [0.25, 0.3) is 10.1 Å². The van der Waals surface area contributed by atoms with Crippen molar-refractivity contribution in [1.29, 1.82) is 5.41 Å². The Hall–Kier alpha value is -5.66. The lowest BCUT2D eigenvalue weighted by Crippen LogP contribution is -2.37. The van der Waals surface area contributed by atoms with E-state index in [1.54, 1.807) is 19.1 Å². The average molecular weight is 1300 g/mol. The van der Waals surface area contributed by atoms with E-state index in [4.69, 9.17) is 40.4 Å². The molecule has 1 aromatic carbocycles. The molecule has 0 saturated carbocycles. The third kappa shape index (κ3) is 45.6. The summed E-state index contributed by atoms with van der Waals surface area (Å²) in [5.74, 6) is -6.00. The van der Waals surface area contributed by atoms with Crippen molar-refractivity contribution >= 4 is 62.8 Å². The molecule has 0 aliphatic rings. The minimum absolute atomic E-state index is 0. The van der Waals surface area contributed by atoms with Crippen LogP contribution in [0.15, 0.2) is 36.5 Å². The van der Waals surface area contributed by atoms with Crippen molar-refractivity contribution in [2.24, 2.45) is 41.1 Å². The topological polar surface area (TPSA) is 380 Å². The number of rotatable bonds is 62. The van der Waals surface area contributed by atoms with E-state index < -0.39 is 51.7 Å². The van der Waals surface area contributed by atoms with Gasteiger partial charge in [0.05, 0.1) is 44.6 Å². The Labute approximate surface area is 537 Å². The maximum absolute atomic E-state index is 14.3. The number of aliphatic carboxylic acids is 1. The average Bonchev–Trinajstić information content (AvgIpc) is 2.39. The monoisotopic (exact) mass is 1290 g/mol. The molecule has 0 aliphatic heterocycles. The molecule has 23 nitrogen and oxygen atoms in total. The standard InChI is InChI=1S/C66H112N6O17S.H2/c1-49(2)43-57(75)45-53(64(79)51(4)58(26-17-18-27-61(67)68)60(76)46-54(65(69)80)44-52-28-30-55(73)31-29-52)24-19-20-34-70-63(78)48-89-41-38-86-36-22-25-56(74)47-88-40-39-87-37-35-71-62(77)33-32-59(66(81)82)72-50(3)23-16-14-12-10-8-6-5-7-9-11-13-15-21-42-90(83,84)85;/h28-31,49,51,53-54,58-59,72-73H,3,5-27,32-48H2,1-2,4H3,(H3,67,68)(H2,69,80)(H,70,78)(H,71,77)(H,81,82)(H,83,84,85);1H/t51?,53-,54-,58-,59+;/m1./s1. The first-order valence-electron chi connectivity index (χ1n) is 32.8. The summed E-state index contributed by atoms with van der Waals surface area (Å²) < 4.78 is 52.2. The Bertz CT molecular complexity index is 2380. The normalized spacial score (nSPS) is 13.2. The number of nitrogens with one attached hydrogen (secondary N) is 4. The second-order valence-corrected chi connectivity index (χ2v) is 25.8. The summed E-state index contributed by atoms with van der Waals surface area (Å²) in [4.78, 5) is 103. The third-order valence-electron chi connectivity index (χ3n) is 15.5. The smallest absolute Gasteiger partial charge is 0.326 e. The van der Waals surface area contributed by atoms with Crippen molar-refractivity contribution < 1.29 is 81.9 Å². The summed E-state index contributed by atoms with van der Waals surface area (Å²) in [6.45, 7) is 11.1. The lowest BCUT2D eigenvalue weighted by atomic mass is 9.75. The molecule has 1 aromatic rings. The number of carboxylic acid groups (broad SMARTS) is 1. The number of ketones is 4. The van der Waals surface area contributed by atoms with E-state index in [0.29, 0.717) is 95.0 Å². The Balaban J connectivity index is 0.0000810. The molecule has 90 heavy (non-hydrogen) atoms. The number of nitrogens with two attached hydrogens (primary N) is 2. The summed E-state index contributed by atoms with van der Waals surface area (Å²) in [5.41, 5.74) is 12.7. The molecule has 0 spiro atoms. The Morgan fingerprint density at radius 1 is 0.589 bits per heavy atom. The second-order valence-electron chi connectivity index (χ2n) is 24.2. The molecular weight excluding hydrogens is 1180 g/mol. The van der Waals surface area contributed by atoms with Gasteiger partial charge in [-0.25, -0.2) is 4.79 Å². The molecule has 1 rings (SSSR count). The first-order chi connectivity index (χ1) is 42.9. The van der Waals surface area contributed by atoms with Crippen molar-refractivity contribution in [3.8, 4) is 5.75 Å². The number of hydrogen-bond donors (Lipinski definition) is 9. The number of primary amides is 1. The molecule has 0 radical (unpaired) electrons. The third-order valence-corrected chi connectivity index (χ3v) is 16.3. The van der Waals surface area contributed by atoms with Crippen LogP contribution >= 0.6 is 0 Å². The number of phenolic OH excluding ortho intramolecular Hbond substituents is 1. The molecule has 0 bridgehead atoms. The van der Waals surface area contributed by atoms with Gasteiger partial charge in [-0.3, -0.25) is 43.5 Å². The van der Waals surface area contributed by atoms with Crippen LogP contribution in [0.1, 0.15) is 208 Å². The Morgan fingerprint density at radius 2 is 1.14 bits per heavy atom. The van der Waals surface area contributed by atoms with Gasteiger partial charge in [-0.05, 0) is 87.8 Å². The zero-order chi connectivity index (χ0) is 67.0. The molecule has 1 unspecified atom stereocenters. The number of aromatic hydroxyl groups is 1. The molecule has 0 saturated heterocycles. The number of phenols is 1. The van der Waals surface area contributed by atoms with Crippen LogP contribution in [0.4, 0.5) is 0 Å². The van der Waals surface area contributed by atoms with E-state index in [0.717, 1.165) is 51.4 Å². The lowest BCUT2D eigenvalue weighted by Gasteiger charge is -2.27. The summed E-state index contributed by atoms with van der Waals surface area (Å²) in [7, 11) is -3.85. The SMILES string of the molecule is C=C(CCCCCCCCCCCCCCCS(=O)(=O)O)N[C@@H](CCC(=O)NCCOCCOCC(=O)CCCOCCOCC(=O)NCCCC[C@H](CC(=O)CC(C)C)C(=O)C(C)[C@@H](CCCCC(=N)N)C(=O)C[C@@H](Cc1ccc(O)cc1)C(N)=O)C(=O)O.[HH]. The highest BCUT2D eigenvalue weighted by Gasteiger charge is 2.36. The molecule has 3 amide bonds. The summed E-state index contributed by atoms with van der Waals surface area (Å²) in [6, 6.07) is 5.35. The van der Waals surface area contributed by atoms with Crippen molar-refractivity contribution in [1.82, 2.24) is 16.0 Å². The van der Waals surface area contributed by atoms with Crippen molar-refractivity contribution in [2.45, 2.75) is 213 Å². The fraction of sp³-hybridized carbons (Fsp3) is 0.742. The summed E-state index contributed by atoms with van der Waals surface area (Å²) in [6.07, 6.45) is 18.4. The van der Waals surface area contributed by atoms with Crippen molar-refractivity contribution in [3.05, 3.63) is 42.1 Å². The fourth-order valence-corrected chi connectivity index (χ4v) is 11.0. The van der Waals surface area contributed by atoms with Gasteiger partial charge < -0.3 is 56.6 Å². The van der Waals surface area contributed by atoms with Gasteiger partial charge in [0, 0.05) is 89.0 Å². The van der Waals surface area contributed by atoms with Crippen LogP contribution in [0, 0.1) is 35.0 Å². The van der Waals surface area contributed by atoms with Crippen LogP contribution < -0.4 is 27.4 Å². The van der Waals surface area contributed by atoms with Crippen LogP contribution in [0.25, 0.3) is 0 Å². The molecule has 11 N–H and O–H groups in total. The maximum Gasteiger partial charge on any atom is 0.326 e. The van der Waals surface area contributed by atoms with Gasteiger partial charge in [0.2, 0.25) is 17.7 Å². The van der Waals surface area contributed by atoms with E-state index in [2.05, 4.69) is 22.5 Å². The van der Waals surface area contributed by atoms with Gasteiger partial charge in [0.1, 0.15) is 42.4 Å². The van der Waals surface area contributed by atoms with Crippen LogP contribution in [-0.2, 0) is 73.8 Å². The maximum atomic E-state index is 14.3. The number of carbonyl (C=O) groups is 8. The highest BCUT2D eigenvalue weighted by atomic mass is 32.2. The minimum atomic E-state index is -3.85. The number of unbranched alkanes of at least 4 members (excludes halogenated alkanes) is 14. The van der Waals surface area contributed by atoms with E-state index >= 15 is 0 Å². The zero-order valence-electron chi connectivity index (χ0n) is 54.4. The minimum Gasteiger partial charge on any atom is -0.508 e. The number of amides is 3. The molecule has 516 valence electrons. The Morgan fingerprint density at radius 3 is 1.73 bits per heavy atom. The second kappa shape index (κ2) is 50.9. The van der Waals surface area contributed by atoms with E-state index in [1.807, 2.05) is 13.8 Å². The molecule has 0 aromatic heterocycles. The first-order valence-corrected chi connectivity index (χ1v) is 34.5. The van der Waals surface area contributed by atoms with Gasteiger partial charge in [0.15, 0.2) is 5.78 Å². The molecule has 0 heterocycles. The number of benzene rings is 1. The van der Waals surface area contributed by atoms with Crippen LogP contribution in [0.2, 0.25) is 0 Å². The number of Topliss-reactive ketones (excluding diaryl/α,β-unsaturated/α-hetero) is 4. The number of carboxylic acids is 1. The zero-order valence-corrected chi connectivity index (χ0v) is 55.2. The molecule has 5 atom stereocenters. The molecular formula is C66H114N6O17S. The van der Waals surface area contributed by atoms with Gasteiger partial charge in [-0.15, -0.1) is 0 Å². The van der Waals surface area contributed by atoms with Gasteiger partial charge >= 0.3 is 5.97 Å². The predicted molar refractivity (Wildman–Crippen MR) is 348 cm³/mol. The van der Waals surface area contributed by atoms with Crippen LogP contribution in [0.5, 0.6) is 5.75 Å². The van der Waals surface area contributed by atoms with Gasteiger partial charge in [-0.2, -0.15) is 8.42 Å². The Kier molecular flexibility index (Phi) is 46.6. The molecule has 0 fully saturated rings. The number of amidine groups is 1. The quantitative estimate of drug-likeness (QED) is 0.0127. The van der Waals surface area contributed by atoms with E-state index in [-0.39, 0.29) is 151 Å². The highest BCUT2D eigenvalue weighted by molar-refractivity contribution is 7.85. The van der Waals surface area contributed by atoms with Crippen LogP contribution in [0.3, 0.4) is 0 Å². The van der Waals surface area contributed by atoms with Crippen molar-refractivity contribution in [3.63, 3.8) is 0 Å². The van der Waals surface area contributed by atoms with E-state index in [9.17, 15) is 57.0 Å². The van der Waals surface area contributed by atoms with Gasteiger partial charge in [-0.1, -0.05) is 123 Å². The lowest BCUT2D eigenvalue weighted by molar-refractivity contribution is -0.139. The van der Waals surface area contributed by atoms with Crippen LogP contribution in [-0.4, -0.2) is 154 Å². The van der Waals surface area contributed by atoms with E-state index in [1.165, 1.54) is 37.8 Å². The largest absolute Gasteiger partial charge is 0.508 e. The predicted octanol–water partition coefficient (Wildman–Crippen LogP) is 8.68. The molecule has 0 aliphatic carbocycles. The number of hydrogen-bond acceptors (Lipinski definition) is 17. The summed E-state index contributed by atoms with van der Waals surface area (Å²) >= 11 is 0. The number of allylic oxidation sites excluding steroid dienone is 1. The number of ether oxygens (including phenoxy) is 4.